The van der Waals surface area contributed by atoms with Crippen LogP contribution >= 0.6 is 23.7 Å². The van der Waals surface area contributed by atoms with E-state index in [1.54, 1.807) is 0 Å². The van der Waals surface area contributed by atoms with Crippen molar-refractivity contribution in [3.63, 3.8) is 0 Å². The highest BCUT2D eigenvalue weighted by Gasteiger charge is 2.39. The third kappa shape index (κ3) is 4.47. The Bertz CT molecular complexity index is 763. The summed E-state index contributed by atoms with van der Waals surface area (Å²) in [6.07, 6.45) is 0.878. The predicted molar refractivity (Wildman–Crippen MR) is 94.6 cm³/mol. The monoisotopic (exact) mass is 419 g/mol. The highest BCUT2D eigenvalue weighted by atomic mass is 35.5. The minimum absolute atomic E-state index is 0. The van der Waals surface area contributed by atoms with Gasteiger partial charge in [0.2, 0.25) is 10.0 Å². The van der Waals surface area contributed by atoms with E-state index in [9.17, 15) is 16.8 Å². The first-order chi connectivity index (χ1) is 10.7. The molecule has 0 aliphatic carbocycles. The number of nitrogens with zero attached hydrogens (tertiary/aromatic N) is 1. The van der Waals surface area contributed by atoms with E-state index in [4.69, 9.17) is 9.88 Å². The van der Waals surface area contributed by atoms with Gasteiger partial charge in [0.15, 0.2) is 0 Å². The smallest absolute Gasteiger partial charge is 0.253 e. The number of ether oxygens (including phenoxy) is 1. The summed E-state index contributed by atoms with van der Waals surface area (Å²) >= 11 is 0.700. The molecule has 0 bridgehead atoms. The second kappa shape index (κ2) is 8.41. The Kier molecular flexibility index (Phi) is 7.63. The second-order valence-corrected chi connectivity index (χ2v) is 10.2. The average Bonchev–Trinajstić information content (AvgIpc) is 2.92. The average molecular weight is 420 g/mol. The molecule has 1 unspecified atom stereocenters. The van der Waals surface area contributed by atoms with Crippen LogP contribution in [0.2, 0.25) is 0 Å². The van der Waals surface area contributed by atoms with Gasteiger partial charge in [0, 0.05) is 31.8 Å². The maximum absolute atomic E-state index is 12.7. The number of hydrogen-bond acceptors (Lipinski definition) is 7. The number of halogens is 1. The van der Waals surface area contributed by atoms with Crippen molar-refractivity contribution in [2.75, 3.05) is 33.4 Å². The summed E-state index contributed by atoms with van der Waals surface area (Å²) in [7, 11) is -6.18. The molecular formula is C12H22ClN3O5S3. The summed E-state index contributed by atoms with van der Waals surface area (Å²) in [5, 5.41) is 8.41. The van der Waals surface area contributed by atoms with Gasteiger partial charge >= 0.3 is 0 Å². The van der Waals surface area contributed by atoms with Crippen LogP contribution in [0, 0.1) is 0 Å². The molecule has 1 aromatic rings. The third-order valence-corrected chi connectivity index (χ3v) is 8.47. The summed E-state index contributed by atoms with van der Waals surface area (Å²) in [5.41, 5.74) is 0.473. The van der Waals surface area contributed by atoms with Gasteiger partial charge in [0.25, 0.3) is 10.0 Å². The lowest BCUT2D eigenvalue weighted by molar-refractivity contribution is 0.174. The minimum Gasteiger partial charge on any atom is -0.383 e. The Labute approximate surface area is 152 Å². The summed E-state index contributed by atoms with van der Waals surface area (Å²) in [6.45, 7) is 3.41. The number of nitrogens with one attached hydrogen (secondary N) is 1. The van der Waals surface area contributed by atoms with Crippen molar-refractivity contribution in [3.8, 4) is 0 Å². The van der Waals surface area contributed by atoms with Gasteiger partial charge < -0.3 is 10.1 Å². The highest BCUT2D eigenvalue weighted by molar-refractivity contribution is 7.94. The molecule has 0 amide bonds. The first-order valence-electron chi connectivity index (χ1n) is 7.10. The van der Waals surface area contributed by atoms with Crippen molar-refractivity contribution < 1.29 is 21.6 Å². The van der Waals surface area contributed by atoms with Crippen LogP contribution in [0.25, 0.3) is 0 Å². The first kappa shape index (κ1) is 21.8. The molecular weight excluding hydrogens is 398 g/mol. The van der Waals surface area contributed by atoms with Crippen LogP contribution < -0.4 is 10.5 Å². The van der Waals surface area contributed by atoms with Gasteiger partial charge in [-0.15, -0.1) is 23.7 Å². The van der Waals surface area contributed by atoms with Crippen LogP contribution in [0.15, 0.2) is 14.5 Å². The van der Waals surface area contributed by atoms with E-state index >= 15 is 0 Å². The standard InChI is InChI=1S/C12H21N3O5S3.ClH/c1-3-4-14-10-8-15(5-6-20-2)23(18,19)12-9(10)7-11(21-12)22(13,16)17;/h7,10,14H,3-6,8H2,1-2H3,(H2,13,16,17);1H. The molecule has 0 saturated heterocycles. The molecule has 0 saturated carbocycles. The van der Waals surface area contributed by atoms with Gasteiger partial charge in [0.05, 0.1) is 6.61 Å². The zero-order valence-electron chi connectivity index (χ0n) is 13.4. The van der Waals surface area contributed by atoms with E-state index in [1.165, 1.54) is 17.5 Å². The van der Waals surface area contributed by atoms with E-state index < -0.39 is 20.0 Å². The van der Waals surface area contributed by atoms with Gasteiger partial charge in [0.1, 0.15) is 8.42 Å². The van der Waals surface area contributed by atoms with E-state index in [-0.39, 0.29) is 46.6 Å². The fourth-order valence-electron chi connectivity index (χ4n) is 2.37. The number of thiophene rings is 1. The Morgan fingerprint density at radius 1 is 1.50 bits per heavy atom. The summed E-state index contributed by atoms with van der Waals surface area (Å²) in [5.74, 6) is 0. The normalized spacial score (nSPS) is 20.4. The van der Waals surface area contributed by atoms with Crippen LogP contribution in [-0.2, 0) is 24.8 Å². The van der Waals surface area contributed by atoms with Crippen LogP contribution in [0.3, 0.4) is 0 Å². The summed E-state index contributed by atoms with van der Waals surface area (Å²) in [4.78, 5) is 0. The number of primary sulfonamides is 1. The molecule has 0 aromatic carbocycles. The Hall–Kier alpha value is -0.270. The lowest BCUT2D eigenvalue weighted by Gasteiger charge is -2.32. The zero-order chi connectivity index (χ0) is 17.3. The van der Waals surface area contributed by atoms with Crippen molar-refractivity contribution in [2.24, 2.45) is 5.14 Å². The van der Waals surface area contributed by atoms with Crippen LogP contribution in [0.5, 0.6) is 0 Å². The molecule has 1 aliphatic rings. The van der Waals surface area contributed by atoms with Gasteiger partial charge in [-0.25, -0.2) is 22.0 Å². The molecule has 2 heterocycles. The molecule has 1 aliphatic heterocycles. The third-order valence-electron chi connectivity index (χ3n) is 3.50. The number of rotatable bonds is 7. The summed E-state index contributed by atoms with van der Waals surface area (Å²) in [6, 6.07) is 1.10. The maximum Gasteiger partial charge on any atom is 0.253 e. The quantitative estimate of drug-likeness (QED) is 0.664. The van der Waals surface area contributed by atoms with E-state index in [0.717, 1.165) is 6.42 Å². The maximum atomic E-state index is 12.7. The lowest BCUT2D eigenvalue weighted by Crippen LogP contribution is -2.44. The van der Waals surface area contributed by atoms with Gasteiger partial charge in [-0.3, -0.25) is 0 Å². The van der Waals surface area contributed by atoms with Crippen LogP contribution in [0.4, 0.5) is 0 Å². The topological polar surface area (TPSA) is 119 Å². The lowest BCUT2D eigenvalue weighted by atomic mass is 10.1. The Morgan fingerprint density at radius 3 is 2.71 bits per heavy atom. The largest absolute Gasteiger partial charge is 0.383 e. The van der Waals surface area contributed by atoms with Crippen molar-refractivity contribution in [3.05, 3.63) is 11.6 Å². The van der Waals surface area contributed by atoms with Crippen LogP contribution in [0.1, 0.15) is 24.9 Å². The van der Waals surface area contributed by atoms with E-state index in [0.29, 0.717) is 23.4 Å². The number of nitrogens with two attached hydrogens (primary N) is 1. The van der Waals surface area contributed by atoms with Crippen molar-refractivity contribution in [2.45, 2.75) is 27.8 Å². The molecule has 0 radical (unpaired) electrons. The van der Waals surface area contributed by atoms with E-state index in [2.05, 4.69) is 5.32 Å². The molecule has 3 N–H and O–H groups in total. The summed E-state index contributed by atoms with van der Waals surface area (Å²) < 4.78 is 54.7. The molecule has 1 atom stereocenters. The fourth-order valence-corrected chi connectivity index (χ4v) is 6.62. The number of sulfonamides is 2. The molecule has 8 nitrogen and oxygen atoms in total. The van der Waals surface area contributed by atoms with E-state index in [1.807, 2.05) is 6.92 Å². The van der Waals surface area contributed by atoms with Crippen molar-refractivity contribution >= 4 is 43.8 Å². The number of fused-ring (bicyclic) bond motifs is 1. The molecule has 1 aromatic heterocycles. The van der Waals surface area contributed by atoms with Gasteiger partial charge in [-0.2, -0.15) is 4.31 Å². The number of hydrogen-bond donors (Lipinski definition) is 2. The zero-order valence-corrected chi connectivity index (χ0v) is 16.7. The Balaban J connectivity index is 0.00000288. The van der Waals surface area contributed by atoms with Gasteiger partial charge in [-0.05, 0) is 19.0 Å². The minimum atomic E-state index is -3.94. The highest BCUT2D eigenvalue weighted by Crippen LogP contribution is 2.39. The van der Waals surface area contributed by atoms with Gasteiger partial charge in [-0.1, -0.05) is 6.92 Å². The predicted octanol–water partition coefficient (Wildman–Crippen LogP) is 0.509. The first-order valence-corrected chi connectivity index (χ1v) is 10.9. The SMILES string of the molecule is CCCNC1CN(CCOC)S(=O)(=O)c2sc(S(N)(=O)=O)cc21.Cl. The number of methoxy groups -OCH3 is 1. The molecule has 0 fully saturated rings. The Morgan fingerprint density at radius 2 is 2.17 bits per heavy atom. The van der Waals surface area contributed by atoms with Crippen LogP contribution in [-0.4, -0.2) is 54.5 Å². The second-order valence-electron chi connectivity index (χ2n) is 5.22. The molecule has 0 spiro atoms. The van der Waals surface area contributed by atoms with Crippen molar-refractivity contribution in [1.29, 1.82) is 0 Å². The molecule has 24 heavy (non-hydrogen) atoms. The molecule has 140 valence electrons. The van der Waals surface area contributed by atoms with Crippen molar-refractivity contribution in [1.82, 2.24) is 9.62 Å². The molecule has 12 heteroatoms. The molecule has 2 rings (SSSR count). The fraction of sp³-hybridized carbons (Fsp3) is 0.667.